The van der Waals surface area contributed by atoms with Crippen LogP contribution in [0.4, 0.5) is 0 Å². The first-order valence-corrected chi connectivity index (χ1v) is 11.3. The molecule has 1 unspecified atom stereocenters. The van der Waals surface area contributed by atoms with Gasteiger partial charge >= 0.3 is 0 Å². The molecule has 3 aromatic rings. The zero-order valence-corrected chi connectivity index (χ0v) is 17.6. The van der Waals surface area contributed by atoms with Crippen molar-refractivity contribution in [2.24, 2.45) is 0 Å². The fourth-order valence-electron chi connectivity index (χ4n) is 3.28. The summed E-state index contributed by atoms with van der Waals surface area (Å²) in [5.41, 5.74) is 0.807. The van der Waals surface area contributed by atoms with Crippen molar-refractivity contribution < 1.29 is 9.53 Å². The van der Waals surface area contributed by atoms with E-state index in [1.54, 1.807) is 23.5 Å². The van der Waals surface area contributed by atoms with Crippen LogP contribution in [0.3, 0.4) is 0 Å². The van der Waals surface area contributed by atoms with E-state index in [2.05, 4.69) is 9.97 Å². The summed E-state index contributed by atoms with van der Waals surface area (Å²) in [4.78, 5) is 23.7. The van der Waals surface area contributed by atoms with Crippen LogP contribution in [0, 0.1) is 0 Å². The monoisotopic (exact) mass is 433 g/mol. The first-order chi connectivity index (χ1) is 13.7. The topological polar surface area (TPSA) is 55.3 Å². The summed E-state index contributed by atoms with van der Waals surface area (Å²) in [6, 6.07) is 7.24. The van der Waals surface area contributed by atoms with Crippen molar-refractivity contribution in [1.29, 1.82) is 0 Å². The quantitative estimate of drug-likeness (QED) is 0.561. The summed E-state index contributed by atoms with van der Waals surface area (Å²) < 4.78 is 5.73. The molecule has 0 saturated carbocycles. The third kappa shape index (κ3) is 4.90. The highest BCUT2D eigenvalue weighted by atomic mass is 35.5. The number of ether oxygens (including phenoxy) is 1. The largest absolute Gasteiger partial charge is 0.486 e. The van der Waals surface area contributed by atoms with Crippen LogP contribution in [0.1, 0.15) is 34.5 Å². The van der Waals surface area contributed by atoms with Gasteiger partial charge in [-0.15, -0.1) is 22.7 Å². The van der Waals surface area contributed by atoms with Crippen LogP contribution in [-0.2, 0) is 17.8 Å². The lowest BCUT2D eigenvalue weighted by Gasteiger charge is -2.31. The smallest absolute Gasteiger partial charge is 0.228 e. The molecule has 0 spiro atoms. The second kappa shape index (κ2) is 9.03. The van der Waals surface area contributed by atoms with Gasteiger partial charge in [-0.05, 0) is 37.1 Å². The fraction of sp³-hybridized carbons (Fsp3) is 0.350. The van der Waals surface area contributed by atoms with E-state index < -0.39 is 0 Å². The summed E-state index contributed by atoms with van der Waals surface area (Å²) in [7, 11) is 0. The van der Waals surface area contributed by atoms with E-state index >= 15 is 0 Å². The number of halogens is 1. The van der Waals surface area contributed by atoms with Gasteiger partial charge in [0.25, 0.3) is 0 Å². The third-order valence-electron chi connectivity index (χ3n) is 4.68. The Morgan fingerprint density at radius 3 is 2.93 bits per heavy atom. The number of likely N-dealkylation sites (tertiary alicyclic amines) is 1. The summed E-state index contributed by atoms with van der Waals surface area (Å²) in [5, 5.41) is 6.61. The van der Waals surface area contributed by atoms with Crippen molar-refractivity contribution in [1.82, 2.24) is 14.9 Å². The van der Waals surface area contributed by atoms with Gasteiger partial charge in [0.2, 0.25) is 5.91 Å². The Morgan fingerprint density at radius 1 is 1.29 bits per heavy atom. The van der Waals surface area contributed by atoms with Gasteiger partial charge in [0, 0.05) is 41.0 Å². The minimum absolute atomic E-state index is 0.136. The molecule has 1 aliphatic rings. The molecule has 0 aliphatic carbocycles. The number of nitrogens with zero attached hydrogens (tertiary/aromatic N) is 3. The Kier molecular flexibility index (Phi) is 6.24. The molecule has 1 amide bonds. The molecule has 1 atom stereocenters. The SMILES string of the molecule is O=C(Cc1csc(COc2ccc(Cl)cc2)n1)N1CCCC(c2nccs2)C1. The maximum absolute atomic E-state index is 12.7. The Hall–Kier alpha value is -1.96. The van der Waals surface area contributed by atoms with Crippen molar-refractivity contribution in [2.75, 3.05) is 13.1 Å². The van der Waals surface area contributed by atoms with E-state index in [1.165, 1.54) is 11.3 Å². The molecule has 5 nitrogen and oxygen atoms in total. The number of aromatic nitrogens is 2. The number of hydrogen-bond acceptors (Lipinski definition) is 6. The average Bonchev–Trinajstić information content (AvgIpc) is 3.40. The first kappa shape index (κ1) is 19.4. The molecule has 4 rings (SSSR count). The predicted molar refractivity (Wildman–Crippen MR) is 112 cm³/mol. The van der Waals surface area contributed by atoms with Gasteiger partial charge in [0.05, 0.1) is 17.1 Å². The summed E-state index contributed by atoms with van der Waals surface area (Å²) in [5.74, 6) is 1.24. The number of amides is 1. The maximum Gasteiger partial charge on any atom is 0.228 e. The zero-order valence-electron chi connectivity index (χ0n) is 15.2. The Bertz CT molecular complexity index is 912. The van der Waals surface area contributed by atoms with E-state index in [0.717, 1.165) is 47.4 Å². The van der Waals surface area contributed by atoms with Crippen LogP contribution in [0.15, 0.2) is 41.2 Å². The molecular weight excluding hydrogens is 414 g/mol. The molecular formula is C20H20ClN3O2S2. The lowest BCUT2D eigenvalue weighted by molar-refractivity contribution is -0.131. The predicted octanol–water partition coefficient (Wildman–Crippen LogP) is 4.78. The molecule has 1 aromatic carbocycles. The summed E-state index contributed by atoms with van der Waals surface area (Å²) in [6.07, 6.45) is 4.29. The number of benzene rings is 1. The van der Waals surface area contributed by atoms with E-state index in [-0.39, 0.29) is 5.91 Å². The van der Waals surface area contributed by atoms with Crippen molar-refractivity contribution >= 4 is 40.2 Å². The van der Waals surface area contributed by atoms with Crippen LogP contribution in [0.25, 0.3) is 0 Å². The van der Waals surface area contributed by atoms with E-state index in [1.807, 2.05) is 34.0 Å². The molecule has 1 saturated heterocycles. The molecule has 0 radical (unpaired) electrons. The second-order valence-corrected chi connectivity index (χ2v) is 9.01. The van der Waals surface area contributed by atoms with Gasteiger partial charge in [0.15, 0.2) is 0 Å². The van der Waals surface area contributed by atoms with Gasteiger partial charge in [-0.1, -0.05) is 11.6 Å². The molecule has 3 heterocycles. The van der Waals surface area contributed by atoms with Gasteiger partial charge in [-0.2, -0.15) is 0 Å². The highest BCUT2D eigenvalue weighted by Gasteiger charge is 2.26. The number of piperidine rings is 1. The molecule has 0 N–H and O–H groups in total. The minimum atomic E-state index is 0.136. The molecule has 8 heteroatoms. The molecule has 1 aliphatic heterocycles. The van der Waals surface area contributed by atoms with E-state index in [4.69, 9.17) is 16.3 Å². The Balaban J connectivity index is 1.30. The van der Waals surface area contributed by atoms with Crippen LogP contribution in [0.5, 0.6) is 5.75 Å². The first-order valence-electron chi connectivity index (χ1n) is 9.16. The lowest BCUT2D eigenvalue weighted by atomic mass is 9.98. The van der Waals surface area contributed by atoms with Crippen molar-refractivity contribution in [3.63, 3.8) is 0 Å². The van der Waals surface area contributed by atoms with Gasteiger partial charge < -0.3 is 9.64 Å². The lowest BCUT2D eigenvalue weighted by Crippen LogP contribution is -2.40. The van der Waals surface area contributed by atoms with Crippen LogP contribution < -0.4 is 4.74 Å². The molecule has 28 heavy (non-hydrogen) atoms. The van der Waals surface area contributed by atoms with Gasteiger partial charge in [-0.25, -0.2) is 9.97 Å². The number of hydrogen-bond donors (Lipinski definition) is 0. The second-order valence-electron chi connectivity index (χ2n) is 6.70. The Labute approximate surface area is 177 Å². The van der Waals surface area contributed by atoms with Crippen LogP contribution in [0.2, 0.25) is 5.02 Å². The number of rotatable bonds is 6. The molecule has 146 valence electrons. The zero-order chi connectivity index (χ0) is 19.3. The van der Waals surface area contributed by atoms with E-state index in [0.29, 0.717) is 24.0 Å². The third-order valence-corrected chi connectivity index (χ3v) is 6.74. The summed E-state index contributed by atoms with van der Waals surface area (Å²) in [6.45, 7) is 1.96. The molecule has 1 fully saturated rings. The van der Waals surface area contributed by atoms with E-state index in [9.17, 15) is 4.79 Å². The normalized spacial score (nSPS) is 16.9. The number of thiazole rings is 2. The van der Waals surface area contributed by atoms with Gasteiger partial charge in [-0.3, -0.25) is 4.79 Å². The highest BCUT2D eigenvalue weighted by molar-refractivity contribution is 7.09. The highest BCUT2D eigenvalue weighted by Crippen LogP contribution is 2.28. The van der Waals surface area contributed by atoms with Crippen molar-refractivity contribution in [2.45, 2.75) is 31.8 Å². The van der Waals surface area contributed by atoms with Crippen LogP contribution >= 0.6 is 34.3 Å². The van der Waals surface area contributed by atoms with Gasteiger partial charge in [0.1, 0.15) is 17.4 Å². The molecule has 2 aromatic heterocycles. The van der Waals surface area contributed by atoms with Crippen molar-refractivity contribution in [3.05, 3.63) is 62.0 Å². The molecule has 0 bridgehead atoms. The summed E-state index contributed by atoms with van der Waals surface area (Å²) >= 11 is 9.07. The van der Waals surface area contributed by atoms with Crippen LogP contribution in [-0.4, -0.2) is 33.9 Å². The fourth-order valence-corrected chi connectivity index (χ4v) is 4.88. The number of carbonyl (C=O) groups excluding carboxylic acids is 1. The maximum atomic E-state index is 12.7. The Morgan fingerprint density at radius 2 is 2.14 bits per heavy atom. The average molecular weight is 434 g/mol. The van der Waals surface area contributed by atoms with Crippen molar-refractivity contribution in [3.8, 4) is 5.75 Å². The standard InChI is InChI=1S/C20H20ClN3O2S2/c21-15-3-5-17(6-4-15)26-12-18-23-16(13-28-18)10-19(25)24-8-1-2-14(11-24)20-22-7-9-27-20/h3-7,9,13-14H,1-2,8,10-12H2. The minimum Gasteiger partial charge on any atom is -0.486 e. The number of carbonyl (C=O) groups is 1.